The number of carbonyl (C=O) groups is 1. The smallest absolute Gasteiger partial charge is 0.477 e. The SMILES string of the molecule is CNCC(=Cc1cccc(C(=O)O)n1)B1OC(C)(C)C(C)(C)O1. The third-order valence-corrected chi connectivity index (χ3v) is 4.26. The number of likely N-dealkylation sites (N-methyl/N-ethyl adjacent to an activating group) is 1. The van der Waals surface area contributed by atoms with Crippen molar-refractivity contribution in [3.63, 3.8) is 0 Å². The van der Waals surface area contributed by atoms with E-state index in [1.54, 1.807) is 12.1 Å². The topological polar surface area (TPSA) is 80.7 Å². The summed E-state index contributed by atoms with van der Waals surface area (Å²) in [5, 5.41) is 12.1. The molecular weight excluding hydrogens is 295 g/mol. The lowest BCUT2D eigenvalue weighted by Gasteiger charge is -2.32. The summed E-state index contributed by atoms with van der Waals surface area (Å²) in [5.74, 6) is -1.05. The Labute approximate surface area is 137 Å². The van der Waals surface area contributed by atoms with Gasteiger partial charge in [0.25, 0.3) is 0 Å². The van der Waals surface area contributed by atoms with E-state index in [1.165, 1.54) is 6.07 Å². The number of hydrogen-bond donors (Lipinski definition) is 2. The van der Waals surface area contributed by atoms with Crippen LogP contribution in [0, 0.1) is 0 Å². The average molecular weight is 318 g/mol. The number of nitrogens with one attached hydrogen (secondary N) is 1. The maximum Gasteiger partial charge on any atom is 0.491 e. The number of rotatable bonds is 5. The van der Waals surface area contributed by atoms with Gasteiger partial charge in [-0.2, -0.15) is 0 Å². The number of hydrogen-bond acceptors (Lipinski definition) is 5. The van der Waals surface area contributed by atoms with Crippen LogP contribution < -0.4 is 5.32 Å². The summed E-state index contributed by atoms with van der Waals surface area (Å²) in [6.45, 7) is 8.52. The van der Waals surface area contributed by atoms with Gasteiger partial charge in [-0.1, -0.05) is 6.07 Å². The van der Waals surface area contributed by atoms with Crippen molar-refractivity contribution in [2.75, 3.05) is 13.6 Å². The zero-order valence-corrected chi connectivity index (χ0v) is 14.2. The van der Waals surface area contributed by atoms with Gasteiger partial charge in [0.2, 0.25) is 0 Å². The lowest BCUT2D eigenvalue weighted by atomic mass is 9.77. The normalized spacial score (nSPS) is 19.9. The Morgan fingerprint density at radius 2 is 1.91 bits per heavy atom. The van der Waals surface area contributed by atoms with Crippen LogP contribution in [0.15, 0.2) is 23.7 Å². The summed E-state index contributed by atoms with van der Waals surface area (Å²) in [6.07, 6.45) is 1.81. The zero-order chi connectivity index (χ0) is 17.3. The third-order valence-electron chi connectivity index (χ3n) is 4.26. The van der Waals surface area contributed by atoms with Gasteiger partial charge in [-0.25, -0.2) is 9.78 Å². The van der Waals surface area contributed by atoms with Crippen LogP contribution in [-0.2, 0) is 9.31 Å². The molecule has 7 heteroatoms. The molecule has 1 fully saturated rings. The molecule has 0 bridgehead atoms. The number of carboxylic acids is 1. The highest BCUT2D eigenvalue weighted by molar-refractivity contribution is 6.55. The first-order valence-corrected chi connectivity index (χ1v) is 7.57. The van der Waals surface area contributed by atoms with Gasteiger partial charge in [0.15, 0.2) is 0 Å². The molecule has 2 rings (SSSR count). The highest BCUT2D eigenvalue weighted by atomic mass is 16.7. The Hall–Kier alpha value is -1.70. The number of aromatic nitrogens is 1. The Morgan fingerprint density at radius 3 is 2.43 bits per heavy atom. The highest BCUT2D eigenvalue weighted by Gasteiger charge is 2.52. The first-order valence-electron chi connectivity index (χ1n) is 7.57. The third kappa shape index (κ3) is 3.80. The highest BCUT2D eigenvalue weighted by Crippen LogP contribution is 2.38. The van der Waals surface area contributed by atoms with Gasteiger partial charge < -0.3 is 19.7 Å². The molecule has 2 N–H and O–H groups in total. The molecule has 0 radical (unpaired) electrons. The fraction of sp³-hybridized carbons (Fsp3) is 0.500. The summed E-state index contributed by atoms with van der Waals surface area (Å²) in [6, 6.07) is 4.89. The molecule has 0 spiro atoms. The molecule has 6 nitrogen and oxygen atoms in total. The van der Waals surface area contributed by atoms with E-state index < -0.39 is 24.3 Å². The molecular formula is C16H23BN2O4. The Balaban J connectivity index is 2.32. The van der Waals surface area contributed by atoms with Gasteiger partial charge >= 0.3 is 13.1 Å². The van der Waals surface area contributed by atoms with Crippen molar-refractivity contribution in [3.05, 3.63) is 35.1 Å². The number of nitrogens with zero attached hydrogens (tertiary/aromatic N) is 1. The number of carboxylic acid groups (broad SMARTS) is 1. The van der Waals surface area contributed by atoms with Crippen LogP contribution in [0.5, 0.6) is 0 Å². The summed E-state index contributed by atoms with van der Waals surface area (Å²) >= 11 is 0. The van der Waals surface area contributed by atoms with E-state index in [0.29, 0.717) is 12.2 Å². The lowest BCUT2D eigenvalue weighted by molar-refractivity contribution is 0.00578. The molecule has 0 aromatic carbocycles. The standard InChI is InChI=1S/C16H23BN2O4/c1-15(2)16(3,4)23-17(22-15)11(10-18-5)9-12-7-6-8-13(19-12)14(20)21/h6-9,18H,10H2,1-5H3,(H,20,21). The summed E-state index contributed by atoms with van der Waals surface area (Å²) in [7, 11) is 1.34. The Bertz CT molecular complexity index is 612. The minimum absolute atomic E-state index is 0.0106. The maximum absolute atomic E-state index is 11.0. The van der Waals surface area contributed by atoms with Gasteiger partial charge in [0.05, 0.1) is 16.9 Å². The summed E-state index contributed by atoms with van der Waals surface area (Å²) < 4.78 is 12.1. The van der Waals surface area contributed by atoms with Gasteiger partial charge in [-0.15, -0.1) is 0 Å². The van der Waals surface area contributed by atoms with Gasteiger partial charge in [-0.05, 0) is 58.4 Å². The maximum atomic E-state index is 11.0. The van der Waals surface area contributed by atoms with E-state index in [9.17, 15) is 4.79 Å². The quantitative estimate of drug-likeness (QED) is 0.809. The van der Waals surface area contributed by atoms with E-state index in [1.807, 2.05) is 40.8 Å². The first kappa shape index (κ1) is 17.7. The molecule has 2 heterocycles. The van der Waals surface area contributed by atoms with Crippen LogP contribution in [0.2, 0.25) is 0 Å². The lowest BCUT2D eigenvalue weighted by Crippen LogP contribution is -2.41. The predicted molar refractivity (Wildman–Crippen MR) is 89.2 cm³/mol. The Kier molecular flexibility index (Phi) is 4.94. The van der Waals surface area contributed by atoms with Gasteiger partial charge in [0, 0.05) is 6.54 Å². The minimum atomic E-state index is -1.05. The second kappa shape index (κ2) is 6.43. The van der Waals surface area contributed by atoms with Crippen LogP contribution >= 0.6 is 0 Å². The van der Waals surface area contributed by atoms with E-state index in [-0.39, 0.29) is 5.69 Å². The van der Waals surface area contributed by atoms with E-state index >= 15 is 0 Å². The van der Waals surface area contributed by atoms with Crippen molar-refractivity contribution >= 4 is 19.2 Å². The second-order valence-corrected chi connectivity index (χ2v) is 6.59. The molecule has 1 aliphatic heterocycles. The van der Waals surface area contributed by atoms with Crippen molar-refractivity contribution in [1.29, 1.82) is 0 Å². The summed E-state index contributed by atoms with van der Waals surface area (Å²) in [4.78, 5) is 15.2. The molecule has 1 aromatic heterocycles. The predicted octanol–water partition coefficient (Wildman–Crippen LogP) is 2.01. The van der Waals surface area contributed by atoms with Crippen LogP contribution in [0.3, 0.4) is 0 Å². The minimum Gasteiger partial charge on any atom is -0.477 e. The molecule has 0 unspecified atom stereocenters. The van der Waals surface area contributed by atoms with Crippen molar-refractivity contribution in [3.8, 4) is 0 Å². The van der Waals surface area contributed by atoms with Crippen LogP contribution in [-0.4, -0.2) is 48.0 Å². The molecule has 0 atom stereocenters. The van der Waals surface area contributed by atoms with Crippen LogP contribution in [0.4, 0.5) is 0 Å². The first-order chi connectivity index (χ1) is 10.7. The molecule has 1 saturated heterocycles. The fourth-order valence-corrected chi connectivity index (χ4v) is 2.24. The Morgan fingerprint density at radius 1 is 1.30 bits per heavy atom. The van der Waals surface area contributed by atoms with E-state index in [2.05, 4.69) is 10.3 Å². The summed E-state index contributed by atoms with van der Waals surface area (Å²) in [5.41, 5.74) is 0.573. The van der Waals surface area contributed by atoms with Crippen molar-refractivity contribution < 1.29 is 19.2 Å². The van der Waals surface area contributed by atoms with E-state index in [0.717, 1.165) is 5.47 Å². The molecule has 1 aromatic rings. The largest absolute Gasteiger partial charge is 0.491 e. The molecule has 1 aliphatic rings. The van der Waals surface area contributed by atoms with Gasteiger partial charge in [0.1, 0.15) is 5.69 Å². The molecule has 0 aliphatic carbocycles. The second-order valence-electron chi connectivity index (χ2n) is 6.59. The van der Waals surface area contributed by atoms with Gasteiger partial charge in [-0.3, -0.25) is 0 Å². The van der Waals surface area contributed by atoms with Crippen LogP contribution in [0.25, 0.3) is 6.08 Å². The monoisotopic (exact) mass is 318 g/mol. The zero-order valence-electron chi connectivity index (χ0n) is 14.2. The molecule has 0 amide bonds. The number of pyridine rings is 1. The molecule has 23 heavy (non-hydrogen) atoms. The number of aromatic carboxylic acids is 1. The van der Waals surface area contributed by atoms with E-state index in [4.69, 9.17) is 14.4 Å². The van der Waals surface area contributed by atoms with Crippen molar-refractivity contribution in [2.24, 2.45) is 0 Å². The van der Waals surface area contributed by atoms with Crippen molar-refractivity contribution in [2.45, 2.75) is 38.9 Å². The van der Waals surface area contributed by atoms with Crippen LogP contribution in [0.1, 0.15) is 43.9 Å². The van der Waals surface area contributed by atoms with Crippen molar-refractivity contribution in [1.82, 2.24) is 10.3 Å². The fourth-order valence-electron chi connectivity index (χ4n) is 2.24. The molecule has 0 saturated carbocycles. The average Bonchev–Trinajstić information content (AvgIpc) is 2.67. The molecule has 124 valence electrons.